The maximum Gasteiger partial charge on any atom is 0.249 e. The van der Waals surface area contributed by atoms with Gasteiger partial charge in [0.15, 0.2) is 0 Å². The van der Waals surface area contributed by atoms with Gasteiger partial charge in [0.25, 0.3) is 0 Å². The Labute approximate surface area is 158 Å². The number of anilines is 2. The summed E-state index contributed by atoms with van der Waals surface area (Å²) in [4.78, 5) is 28.2. The van der Waals surface area contributed by atoms with Gasteiger partial charge >= 0.3 is 0 Å². The van der Waals surface area contributed by atoms with Crippen molar-refractivity contribution in [2.24, 2.45) is 5.92 Å². The van der Waals surface area contributed by atoms with Gasteiger partial charge in [0, 0.05) is 17.8 Å². The molecule has 1 atom stereocenters. The number of hydrogen-bond acceptors (Lipinski definition) is 5. The number of amides is 2. The lowest BCUT2D eigenvalue weighted by molar-refractivity contribution is -0.119. The lowest BCUT2D eigenvalue weighted by Gasteiger charge is -2.22. The van der Waals surface area contributed by atoms with Crippen LogP contribution in [0.4, 0.5) is 11.4 Å². The molecule has 3 rings (SSSR count). The molecular formula is C19H26N6O2. The molecule has 1 aromatic carbocycles. The topological polar surface area (TPSA) is 101 Å². The van der Waals surface area contributed by atoms with E-state index in [0.717, 1.165) is 38.0 Å². The largest absolute Gasteiger partial charge is 0.326 e. The van der Waals surface area contributed by atoms with Crippen LogP contribution in [0.2, 0.25) is 0 Å². The van der Waals surface area contributed by atoms with Crippen molar-refractivity contribution in [2.75, 3.05) is 23.7 Å². The van der Waals surface area contributed by atoms with E-state index in [1.807, 2.05) is 0 Å². The molecule has 0 aliphatic carbocycles. The summed E-state index contributed by atoms with van der Waals surface area (Å²) in [7, 11) is 0. The van der Waals surface area contributed by atoms with Crippen LogP contribution in [-0.2, 0) is 9.59 Å². The summed E-state index contributed by atoms with van der Waals surface area (Å²) in [5.41, 5.74) is 1.40. The van der Waals surface area contributed by atoms with Gasteiger partial charge in [-0.05, 0) is 69.5 Å². The number of benzene rings is 1. The van der Waals surface area contributed by atoms with Gasteiger partial charge in [-0.1, -0.05) is 0 Å². The first-order chi connectivity index (χ1) is 13.1. The van der Waals surface area contributed by atoms with Gasteiger partial charge in [-0.25, -0.2) is 9.67 Å². The first-order valence-electron chi connectivity index (χ1n) is 9.37. The molecule has 144 valence electrons. The Kier molecular flexibility index (Phi) is 6.54. The van der Waals surface area contributed by atoms with Gasteiger partial charge in [-0.2, -0.15) is 5.10 Å². The number of rotatable bonds is 7. The first kappa shape index (κ1) is 19.0. The van der Waals surface area contributed by atoms with Crippen molar-refractivity contribution in [2.45, 2.75) is 38.6 Å². The van der Waals surface area contributed by atoms with Crippen molar-refractivity contribution >= 4 is 23.2 Å². The molecule has 1 unspecified atom stereocenters. The minimum absolute atomic E-state index is 0.0325. The van der Waals surface area contributed by atoms with Crippen LogP contribution in [0, 0.1) is 5.92 Å². The summed E-state index contributed by atoms with van der Waals surface area (Å²) in [6.07, 6.45) is 6.67. The molecule has 0 saturated carbocycles. The lowest BCUT2D eigenvalue weighted by Crippen LogP contribution is -2.28. The van der Waals surface area contributed by atoms with Gasteiger partial charge in [-0.15, -0.1) is 0 Å². The molecular weight excluding hydrogens is 344 g/mol. The SMILES string of the molecule is CC(C(=O)Nc1ccc(NC(=O)CCC2CCNCC2)cc1)n1cncn1. The second-order valence-electron chi connectivity index (χ2n) is 6.90. The molecule has 2 aromatic rings. The third-order valence-electron chi connectivity index (χ3n) is 4.89. The maximum atomic E-state index is 12.2. The number of aromatic nitrogens is 3. The highest BCUT2D eigenvalue weighted by Gasteiger charge is 2.16. The van der Waals surface area contributed by atoms with Gasteiger partial charge in [-0.3, -0.25) is 9.59 Å². The Hall–Kier alpha value is -2.74. The first-order valence-corrected chi connectivity index (χ1v) is 9.37. The van der Waals surface area contributed by atoms with E-state index in [-0.39, 0.29) is 11.8 Å². The monoisotopic (exact) mass is 370 g/mol. The summed E-state index contributed by atoms with van der Waals surface area (Å²) in [6, 6.07) is 6.67. The van der Waals surface area contributed by atoms with E-state index in [0.29, 0.717) is 18.0 Å². The van der Waals surface area contributed by atoms with E-state index in [4.69, 9.17) is 0 Å². The molecule has 1 fully saturated rings. The number of carbonyl (C=O) groups is 2. The van der Waals surface area contributed by atoms with Crippen LogP contribution in [0.15, 0.2) is 36.9 Å². The molecule has 2 heterocycles. The minimum atomic E-state index is -0.457. The predicted octanol–water partition coefficient (Wildman–Crippen LogP) is 2.20. The maximum absolute atomic E-state index is 12.2. The molecule has 0 spiro atoms. The van der Waals surface area contributed by atoms with Gasteiger partial charge in [0.2, 0.25) is 11.8 Å². The molecule has 0 radical (unpaired) electrons. The van der Waals surface area contributed by atoms with E-state index in [2.05, 4.69) is 26.0 Å². The minimum Gasteiger partial charge on any atom is -0.326 e. The van der Waals surface area contributed by atoms with Crippen molar-refractivity contribution in [1.29, 1.82) is 0 Å². The Bertz CT molecular complexity index is 738. The molecule has 1 saturated heterocycles. The fourth-order valence-electron chi connectivity index (χ4n) is 3.15. The highest BCUT2D eigenvalue weighted by molar-refractivity contribution is 5.94. The fraction of sp³-hybridized carbons (Fsp3) is 0.474. The van der Waals surface area contributed by atoms with E-state index in [1.54, 1.807) is 31.2 Å². The Morgan fingerprint density at radius 3 is 2.48 bits per heavy atom. The zero-order chi connectivity index (χ0) is 19.1. The number of nitrogens with one attached hydrogen (secondary N) is 3. The quantitative estimate of drug-likeness (QED) is 0.694. The van der Waals surface area contributed by atoms with Crippen molar-refractivity contribution in [3.8, 4) is 0 Å². The molecule has 3 N–H and O–H groups in total. The summed E-state index contributed by atoms with van der Waals surface area (Å²) in [6.45, 7) is 3.85. The normalized spacial score (nSPS) is 15.9. The van der Waals surface area contributed by atoms with Crippen LogP contribution in [0.25, 0.3) is 0 Å². The van der Waals surface area contributed by atoms with Crippen LogP contribution in [0.1, 0.15) is 38.6 Å². The molecule has 8 nitrogen and oxygen atoms in total. The van der Waals surface area contributed by atoms with Crippen LogP contribution in [0.3, 0.4) is 0 Å². The summed E-state index contributed by atoms with van der Waals surface area (Å²) in [5, 5.41) is 13.1. The number of hydrogen-bond donors (Lipinski definition) is 3. The van der Waals surface area contributed by atoms with Gasteiger partial charge < -0.3 is 16.0 Å². The van der Waals surface area contributed by atoms with E-state index in [1.165, 1.54) is 17.3 Å². The highest BCUT2D eigenvalue weighted by atomic mass is 16.2. The number of piperidine rings is 1. The third kappa shape index (κ3) is 5.62. The fourth-order valence-corrected chi connectivity index (χ4v) is 3.15. The highest BCUT2D eigenvalue weighted by Crippen LogP contribution is 2.19. The Balaban J connectivity index is 1.45. The standard InChI is InChI=1S/C19H26N6O2/c1-14(25-13-21-12-22-25)19(27)24-17-5-3-16(4-6-17)23-18(26)7-2-15-8-10-20-11-9-15/h3-6,12-15,20H,2,7-11H2,1H3,(H,23,26)(H,24,27). The average Bonchev–Trinajstić information content (AvgIpc) is 3.23. The second-order valence-corrected chi connectivity index (χ2v) is 6.90. The van der Waals surface area contributed by atoms with Crippen LogP contribution < -0.4 is 16.0 Å². The molecule has 8 heteroatoms. The molecule has 1 aliphatic rings. The average molecular weight is 370 g/mol. The number of nitrogens with zero attached hydrogens (tertiary/aromatic N) is 3. The van der Waals surface area contributed by atoms with E-state index in [9.17, 15) is 9.59 Å². The Morgan fingerprint density at radius 1 is 1.19 bits per heavy atom. The zero-order valence-electron chi connectivity index (χ0n) is 15.5. The van der Waals surface area contributed by atoms with E-state index < -0.39 is 6.04 Å². The van der Waals surface area contributed by atoms with Crippen molar-refractivity contribution < 1.29 is 9.59 Å². The molecule has 27 heavy (non-hydrogen) atoms. The zero-order valence-corrected chi connectivity index (χ0v) is 15.5. The molecule has 1 aliphatic heterocycles. The van der Waals surface area contributed by atoms with Gasteiger partial charge in [0.05, 0.1) is 0 Å². The van der Waals surface area contributed by atoms with Crippen molar-refractivity contribution in [3.05, 3.63) is 36.9 Å². The second kappa shape index (κ2) is 9.27. The van der Waals surface area contributed by atoms with E-state index >= 15 is 0 Å². The summed E-state index contributed by atoms with van der Waals surface area (Å²) >= 11 is 0. The summed E-state index contributed by atoms with van der Waals surface area (Å²) < 4.78 is 1.49. The summed E-state index contributed by atoms with van der Waals surface area (Å²) in [5.74, 6) is 0.492. The molecule has 2 amide bonds. The molecule has 0 bridgehead atoms. The third-order valence-corrected chi connectivity index (χ3v) is 4.89. The molecule has 1 aromatic heterocycles. The van der Waals surface area contributed by atoms with Crippen LogP contribution in [0.5, 0.6) is 0 Å². The predicted molar refractivity (Wildman–Crippen MR) is 103 cm³/mol. The smallest absolute Gasteiger partial charge is 0.249 e. The number of carbonyl (C=O) groups excluding carboxylic acids is 2. The van der Waals surface area contributed by atoms with Crippen molar-refractivity contribution in [1.82, 2.24) is 20.1 Å². The van der Waals surface area contributed by atoms with Crippen molar-refractivity contribution in [3.63, 3.8) is 0 Å². The van der Waals surface area contributed by atoms with Gasteiger partial charge in [0.1, 0.15) is 18.7 Å². The Morgan fingerprint density at radius 2 is 1.85 bits per heavy atom. The van der Waals surface area contributed by atoms with Crippen LogP contribution >= 0.6 is 0 Å². The van der Waals surface area contributed by atoms with Crippen LogP contribution in [-0.4, -0.2) is 39.7 Å². The lowest BCUT2D eigenvalue weighted by atomic mass is 9.93.